The molecule has 0 spiro atoms. The van der Waals surface area contributed by atoms with Crippen LogP contribution in [-0.4, -0.2) is 60.3 Å². The summed E-state index contributed by atoms with van der Waals surface area (Å²) in [5.74, 6) is 0.608. The second kappa shape index (κ2) is 6.67. The van der Waals surface area contributed by atoms with Gasteiger partial charge in [-0.05, 0) is 18.5 Å². The Labute approximate surface area is 121 Å². The first-order valence-corrected chi connectivity index (χ1v) is 6.70. The van der Waals surface area contributed by atoms with Gasteiger partial charge in [0.25, 0.3) is 0 Å². The van der Waals surface area contributed by atoms with E-state index in [-0.39, 0.29) is 17.1 Å². The molecule has 0 saturated carbocycles. The third kappa shape index (κ3) is 3.67. The number of nitrogens with one attached hydrogen (secondary N) is 2. The number of nitrogens with zero attached hydrogens (tertiary/aromatic N) is 4. The molecular formula is C11H17ClN6O2. The number of anilines is 2. The molecule has 8 nitrogen and oxygen atoms in total. The van der Waals surface area contributed by atoms with Crippen molar-refractivity contribution in [1.82, 2.24) is 20.3 Å². The average Bonchev–Trinajstić information content (AvgIpc) is 2.46. The fourth-order valence-corrected chi connectivity index (χ4v) is 1.94. The molecule has 1 aliphatic heterocycles. The Morgan fingerprint density at radius 2 is 2.05 bits per heavy atom. The molecule has 1 aliphatic rings. The monoisotopic (exact) mass is 300 g/mol. The van der Waals surface area contributed by atoms with Crippen molar-refractivity contribution in [2.45, 2.75) is 13.0 Å². The van der Waals surface area contributed by atoms with Crippen LogP contribution < -0.4 is 15.5 Å². The average molecular weight is 301 g/mol. The molecule has 2 N–H and O–H groups in total. The predicted octanol–water partition coefficient (Wildman–Crippen LogP) is -0.0920. The molecule has 2 heterocycles. The quantitative estimate of drug-likeness (QED) is 0.802. The molecule has 1 aromatic heterocycles. The SMILES string of the molecule is CNC(=O)C(C)Nc1nc(Cl)nc(N2CCOCC2)n1. The summed E-state index contributed by atoms with van der Waals surface area (Å²) >= 11 is 5.91. The van der Waals surface area contributed by atoms with Gasteiger partial charge >= 0.3 is 0 Å². The lowest BCUT2D eigenvalue weighted by Crippen LogP contribution is -2.38. The van der Waals surface area contributed by atoms with Crippen LogP contribution in [0.5, 0.6) is 0 Å². The van der Waals surface area contributed by atoms with Crippen LogP contribution >= 0.6 is 11.6 Å². The molecule has 20 heavy (non-hydrogen) atoms. The largest absolute Gasteiger partial charge is 0.378 e. The van der Waals surface area contributed by atoms with Crippen molar-refractivity contribution < 1.29 is 9.53 Å². The summed E-state index contributed by atoms with van der Waals surface area (Å²) in [6.07, 6.45) is 0. The standard InChI is InChI=1S/C11H17ClN6O2/c1-7(8(19)13-2)14-10-15-9(12)16-11(17-10)18-3-5-20-6-4-18/h7H,3-6H2,1-2H3,(H,13,19)(H,14,15,16,17). The Kier molecular flexibility index (Phi) is 4.91. The van der Waals surface area contributed by atoms with Gasteiger partial charge in [0.05, 0.1) is 13.2 Å². The lowest BCUT2D eigenvalue weighted by molar-refractivity contribution is -0.121. The van der Waals surface area contributed by atoms with Crippen LogP contribution in [0, 0.1) is 0 Å². The van der Waals surface area contributed by atoms with Crippen LogP contribution in [0.15, 0.2) is 0 Å². The summed E-state index contributed by atoms with van der Waals surface area (Å²) in [6.45, 7) is 4.36. The second-order valence-electron chi connectivity index (χ2n) is 4.31. The molecule has 1 fully saturated rings. The molecule has 0 bridgehead atoms. The van der Waals surface area contributed by atoms with E-state index in [1.165, 1.54) is 0 Å². The van der Waals surface area contributed by atoms with Gasteiger partial charge in [-0.25, -0.2) is 0 Å². The zero-order valence-electron chi connectivity index (χ0n) is 11.4. The topological polar surface area (TPSA) is 92.3 Å². The molecule has 0 aliphatic carbocycles. The van der Waals surface area contributed by atoms with Crippen molar-refractivity contribution in [2.75, 3.05) is 43.6 Å². The van der Waals surface area contributed by atoms with Crippen LogP contribution in [-0.2, 0) is 9.53 Å². The van der Waals surface area contributed by atoms with Crippen LogP contribution in [0.1, 0.15) is 6.92 Å². The molecule has 1 aromatic rings. The normalized spacial score (nSPS) is 16.6. The van der Waals surface area contributed by atoms with E-state index in [9.17, 15) is 4.79 Å². The molecule has 110 valence electrons. The van der Waals surface area contributed by atoms with Gasteiger partial charge in [0, 0.05) is 20.1 Å². The third-order valence-electron chi connectivity index (χ3n) is 2.88. The molecule has 9 heteroatoms. The molecule has 0 radical (unpaired) electrons. The van der Waals surface area contributed by atoms with E-state index in [4.69, 9.17) is 16.3 Å². The summed E-state index contributed by atoms with van der Waals surface area (Å²) in [4.78, 5) is 25.8. The van der Waals surface area contributed by atoms with Gasteiger partial charge < -0.3 is 20.3 Å². The summed E-state index contributed by atoms with van der Waals surface area (Å²) in [6, 6.07) is -0.462. The van der Waals surface area contributed by atoms with Crippen molar-refractivity contribution in [3.63, 3.8) is 0 Å². The van der Waals surface area contributed by atoms with Crippen molar-refractivity contribution in [3.8, 4) is 0 Å². The first kappa shape index (κ1) is 14.7. The van der Waals surface area contributed by atoms with Crippen molar-refractivity contribution in [3.05, 3.63) is 5.28 Å². The van der Waals surface area contributed by atoms with E-state index in [0.29, 0.717) is 32.3 Å². The molecule has 0 aromatic carbocycles. The first-order chi connectivity index (χ1) is 9.60. The van der Waals surface area contributed by atoms with E-state index in [2.05, 4.69) is 25.6 Å². The van der Waals surface area contributed by atoms with Crippen molar-refractivity contribution >= 4 is 29.4 Å². The molecule has 1 saturated heterocycles. The number of likely N-dealkylation sites (N-methyl/N-ethyl adjacent to an activating group) is 1. The van der Waals surface area contributed by atoms with Crippen molar-refractivity contribution in [2.24, 2.45) is 0 Å². The lowest BCUT2D eigenvalue weighted by atomic mass is 10.3. The van der Waals surface area contributed by atoms with E-state index in [1.54, 1.807) is 14.0 Å². The Bertz CT molecular complexity index is 480. The fourth-order valence-electron chi connectivity index (χ4n) is 1.78. The molecule has 1 unspecified atom stereocenters. The Morgan fingerprint density at radius 3 is 2.70 bits per heavy atom. The maximum Gasteiger partial charge on any atom is 0.242 e. The van der Waals surface area contributed by atoms with Crippen LogP contribution in [0.3, 0.4) is 0 Å². The van der Waals surface area contributed by atoms with Gasteiger partial charge in [0.1, 0.15) is 6.04 Å². The third-order valence-corrected chi connectivity index (χ3v) is 3.04. The number of carbonyl (C=O) groups is 1. The minimum atomic E-state index is -0.462. The molecule has 1 atom stereocenters. The number of aromatic nitrogens is 3. The van der Waals surface area contributed by atoms with Gasteiger partial charge in [-0.3, -0.25) is 4.79 Å². The lowest BCUT2D eigenvalue weighted by Gasteiger charge is -2.27. The Balaban J connectivity index is 2.13. The number of carbonyl (C=O) groups excluding carboxylic acids is 1. The minimum Gasteiger partial charge on any atom is -0.378 e. The molecule has 1 amide bonds. The Hall–Kier alpha value is -1.67. The molecular weight excluding hydrogens is 284 g/mol. The number of ether oxygens (including phenoxy) is 1. The van der Waals surface area contributed by atoms with E-state index in [0.717, 1.165) is 0 Å². The minimum absolute atomic E-state index is 0.0908. The maximum atomic E-state index is 11.5. The molecule has 2 rings (SSSR count). The number of hydrogen-bond donors (Lipinski definition) is 2. The number of rotatable bonds is 4. The van der Waals surface area contributed by atoms with Gasteiger partial charge in [0.15, 0.2) is 0 Å². The zero-order valence-corrected chi connectivity index (χ0v) is 12.1. The first-order valence-electron chi connectivity index (χ1n) is 6.32. The predicted molar refractivity (Wildman–Crippen MR) is 75.0 cm³/mol. The van der Waals surface area contributed by atoms with Gasteiger partial charge in [-0.15, -0.1) is 0 Å². The maximum absolute atomic E-state index is 11.5. The second-order valence-corrected chi connectivity index (χ2v) is 4.65. The van der Waals surface area contributed by atoms with Crippen LogP contribution in [0.2, 0.25) is 5.28 Å². The van der Waals surface area contributed by atoms with E-state index >= 15 is 0 Å². The van der Waals surface area contributed by atoms with Gasteiger partial charge in [-0.1, -0.05) is 0 Å². The highest BCUT2D eigenvalue weighted by atomic mass is 35.5. The summed E-state index contributed by atoms with van der Waals surface area (Å²) in [7, 11) is 1.57. The van der Waals surface area contributed by atoms with E-state index in [1.807, 2.05) is 4.90 Å². The smallest absolute Gasteiger partial charge is 0.242 e. The van der Waals surface area contributed by atoms with E-state index < -0.39 is 6.04 Å². The van der Waals surface area contributed by atoms with Crippen LogP contribution in [0.4, 0.5) is 11.9 Å². The Morgan fingerprint density at radius 1 is 1.35 bits per heavy atom. The zero-order chi connectivity index (χ0) is 14.5. The summed E-state index contributed by atoms with van der Waals surface area (Å²) in [5, 5.41) is 5.53. The summed E-state index contributed by atoms with van der Waals surface area (Å²) in [5.41, 5.74) is 0. The summed E-state index contributed by atoms with van der Waals surface area (Å²) < 4.78 is 5.28. The van der Waals surface area contributed by atoms with Gasteiger partial charge in [-0.2, -0.15) is 15.0 Å². The number of hydrogen-bond acceptors (Lipinski definition) is 7. The fraction of sp³-hybridized carbons (Fsp3) is 0.636. The highest BCUT2D eigenvalue weighted by molar-refractivity contribution is 6.28. The number of amides is 1. The number of morpholine rings is 1. The number of halogens is 1. The van der Waals surface area contributed by atoms with Crippen molar-refractivity contribution in [1.29, 1.82) is 0 Å². The van der Waals surface area contributed by atoms with Crippen LogP contribution in [0.25, 0.3) is 0 Å². The highest BCUT2D eigenvalue weighted by Crippen LogP contribution is 2.15. The van der Waals surface area contributed by atoms with Gasteiger partial charge in [0.2, 0.25) is 23.1 Å². The highest BCUT2D eigenvalue weighted by Gasteiger charge is 2.18.